The van der Waals surface area contributed by atoms with E-state index >= 15 is 0 Å². The molecule has 1 heteroatoms. The predicted molar refractivity (Wildman–Crippen MR) is 47.1 cm³/mol. The summed E-state index contributed by atoms with van der Waals surface area (Å²) >= 11 is 4.33. The van der Waals surface area contributed by atoms with Crippen molar-refractivity contribution in [1.29, 1.82) is 0 Å². The fourth-order valence-corrected chi connectivity index (χ4v) is 1.14. The fourth-order valence-electron chi connectivity index (χ4n) is 0.810. The third kappa shape index (κ3) is 4.83. The summed E-state index contributed by atoms with van der Waals surface area (Å²) in [6.07, 6.45) is 1.24. The van der Waals surface area contributed by atoms with E-state index in [0.29, 0.717) is 5.25 Å². The van der Waals surface area contributed by atoms with Crippen LogP contribution in [0.15, 0.2) is 0 Å². The molecule has 0 heterocycles. The van der Waals surface area contributed by atoms with Crippen molar-refractivity contribution >= 4 is 12.6 Å². The molecule has 0 amide bonds. The SMILES string of the molecule is CC(S)CC(C)C(C)C. The molecule has 0 aliphatic carbocycles. The summed E-state index contributed by atoms with van der Waals surface area (Å²) in [5.74, 6) is 1.62. The Morgan fingerprint density at radius 2 is 1.56 bits per heavy atom. The molecule has 56 valence electrons. The van der Waals surface area contributed by atoms with Gasteiger partial charge in [0.15, 0.2) is 0 Å². The number of rotatable bonds is 3. The molecular weight excluding hydrogens is 128 g/mol. The molecule has 0 aromatic carbocycles. The van der Waals surface area contributed by atoms with Gasteiger partial charge in [0.1, 0.15) is 0 Å². The van der Waals surface area contributed by atoms with Crippen LogP contribution in [-0.4, -0.2) is 5.25 Å². The van der Waals surface area contributed by atoms with E-state index in [9.17, 15) is 0 Å². The summed E-state index contributed by atoms with van der Waals surface area (Å²) < 4.78 is 0. The van der Waals surface area contributed by atoms with E-state index in [-0.39, 0.29) is 0 Å². The molecule has 0 nitrogen and oxygen atoms in total. The summed E-state index contributed by atoms with van der Waals surface area (Å²) in [5.41, 5.74) is 0. The second-order valence-electron chi connectivity index (χ2n) is 3.31. The Morgan fingerprint density at radius 1 is 1.11 bits per heavy atom. The van der Waals surface area contributed by atoms with E-state index in [0.717, 1.165) is 11.8 Å². The van der Waals surface area contributed by atoms with Crippen LogP contribution >= 0.6 is 12.6 Å². The Morgan fingerprint density at radius 3 is 1.67 bits per heavy atom. The van der Waals surface area contributed by atoms with Gasteiger partial charge in [-0.05, 0) is 23.5 Å². The van der Waals surface area contributed by atoms with Crippen molar-refractivity contribution in [3.63, 3.8) is 0 Å². The van der Waals surface area contributed by atoms with E-state index in [1.807, 2.05) is 0 Å². The summed E-state index contributed by atoms with van der Waals surface area (Å²) in [4.78, 5) is 0. The molecule has 0 radical (unpaired) electrons. The molecule has 2 unspecified atom stereocenters. The lowest BCUT2D eigenvalue weighted by Gasteiger charge is -2.16. The first-order valence-electron chi connectivity index (χ1n) is 3.72. The van der Waals surface area contributed by atoms with Crippen LogP contribution in [0, 0.1) is 11.8 Å². The predicted octanol–water partition coefficient (Wildman–Crippen LogP) is 2.99. The largest absolute Gasteiger partial charge is 0.176 e. The highest BCUT2D eigenvalue weighted by atomic mass is 32.1. The van der Waals surface area contributed by atoms with Gasteiger partial charge in [-0.2, -0.15) is 12.6 Å². The van der Waals surface area contributed by atoms with Crippen LogP contribution in [0.2, 0.25) is 0 Å². The molecule has 0 rings (SSSR count). The maximum Gasteiger partial charge on any atom is -0.000896 e. The van der Waals surface area contributed by atoms with Crippen molar-refractivity contribution in [2.24, 2.45) is 11.8 Å². The van der Waals surface area contributed by atoms with Crippen LogP contribution in [0.1, 0.15) is 34.1 Å². The van der Waals surface area contributed by atoms with E-state index in [1.54, 1.807) is 0 Å². The van der Waals surface area contributed by atoms with E-state index < -0.39 is 0 Å². The molecule has 9 heavy (non-hydrogen) atoms. The van der Waals surface area contributed by atoms with Gasteiger partial charge in [-0.25, -0.2) is 0 Å². The zero-order valence-corrected chi connectivity index (χ0v) is 7.78. The van der Waals surface area contributed by atoms with Crippen LogP contribution in [0.5, 0.6) is 0 Å². The maximum atomic E-state index is 4.33. The normalized spacial score (nSPS) is 18.0. The zero-order valence-electron chi connectivity index (χ0n) is 6.89. The van der Waals surface area contributed by atoms with Crippen molar-refractivity contribution in [1.82, 2.24) is 0 Å². The molecule has 0 saturated heterocycles. The van der Waals surface area contributed by atoms with Crippen molar-refractivity contribution in [3.8, 4) is 0 Å². The molecule has 0 fully saturated rings. The van der Waals surface area contributed by atoms with Crippen LogP contribution in [-0.2, 0) is 0 Å². The molecule has 0 aromatic heterocycles. The van der Waals surface area contributed by atoms with Crippen molar-refractivity contribution in [2.45, 2.75) is 39.4 Å². The second-order valence-corrected chi connectivity index (χ2v) is 4.19. The minimum Gasteiger partial charge on any atom is -0.176 e. The van der Waals surface area contributed by atoms with Gasteiger partial charge in [-0.15, -0.1) is 0 Å². The lowest BCUT2D eigenvalue weighted by molar-refractivity contribution is 0.393. The van der Waals surface area contributed by atoms with E-state index in [2.05, 4.69) is 40.3 Å². The van der Waals surface area contributed by atoms with Gasteiger partial charge < -0.3 is 0 Å². The summed E-state index contributed by atoms with van der Waals surface area (Å²) in [6, 6.07) is 0. The highest BCUT2D eigenvalue weighted by Gasteiger charge is 2.08. The first-order chi connectivity index (χ1) is 4.04. The minimum atomic E-state index is 0.558. The molecule has 0 aliphatic heterocycles. The third-order valence-corrected chi connectivity index (χ3v) is 2.06. The van der Waals surface area contributed by atoms with Crippen LogP contribution < -0.4 is 0 Å². The number of hydrogen-bond acceptors (Lipinski definition) is 1. The lowest BCUT2D eigenvalue weighted by Crippen LogP contribution is -2.08. The quantitative estimate of drug-likeness (QED) is 0.581. The van der Waals surface area contributed by atoms with Crippen molar-refractivity contribution < 1.29 is 0 Å². The highest BCUT2D eigenvalue weighted by Crippen LogP contribution is 2.17. The van der Waals surface area contributed by atoms with Gasteiger partial charge in [0.05, 0.1) is 0 Å². The van der Waals surface area contributed by atoms with Gasteiger partial charge in [0.25, 0.3) is 0 Å². The summed E-state index contributed by atoms with van der Waals surface area (Å²) in [6.45, 7) is 8.97. The monoisotopic (exact) mass is 146 g/mol. The topological polar surface area (TPSA) is 0 Å². The molecule has 0 aromatic rings. The average Bonchev–Trinajstić information content (AvgIpc) is 1.63. The van der Waals surface area contributed by atoms with Gasteiger partial charge in [0.2, 0.25) is 0 Å². The van der Waals surface area contributed by atoms with E-state index in [4.69, 9.17) is 0 Å². The standard InChI is InChI=1S/C8H18S/c1-6(2)7(3)5-8(4)9/h6-9H,5H2,1-4H3. The molecule has 0 bridgehead atoms. The van der Waals surface area contributed by atoms with Gasteiger partial charge in [-0.3, -0.25) is 0 Å². The molecule has 0 N–H and O–H groups in total. The van der Waals surface area contributed by atoms with E-state index in [1.165, 1.54) is 6.42 Å². The Labute approximate surface area is 64.4 Å². The average molecular weight is 146 g/mol. The Hall–Kier alpha value is 0.350. The first-order valence-corrected chi connectivity index (χ1v) is 4.23. The molecule has 0 spiro atoms. The Bertz CT molecular complexity index is 67.0. The van der Waals surface area contributed by atoms with Crippen molar-refractivity contribution in [2.75, 3.05) is 0 Å². The number of hydrogen-bond donors (Lipinski definition) is 1. The smallest absolute Gasteiger partial charge is 0.000896 e. The molecule has 0 aliphatic rings. The first kappa shape index (κ1) is 9.35. The minimum absolute atomic E-state index is 0.558. The fraction of sp³-hybridized carbons (Fsp3) is 1.00. The molecular formula is C8H18S. The Balaban J connectivity index is 3.38. The van der Waals surface area contributed by atoms with Gasteiger partial charge >= 0.3 is 0 Å². The Kier molecular flexibility index (Phi) is 4.37. The second kappa shape index (κ2) is 4.21. The molecule has 2 atom stereocenters. The lowest BCUT2D eigenvalue weighted by atomic mass is 9.93. The summed E-state index contributed by atoms with van der Waals surface area (Å²) in [5, 5.41) is 0.558. The maximum absolute atomic E-state index is 4.33. The summed E-state index contributed by atoms with van der Waals surface area (Å²) in [7, 11) is 0. The van der Waals surface area contributed by atoms with Gasteiger partial charge in [0, 0.05) is 0 Å². The number of thiol groups is 1. The third-order valence-electron chi connectivity index (χ3n) is 1.85. The zero-order chi connectivity index (χ0) is 7.44. The van der Waals surface area contributed by atoms with Crippen LogP contribution in [0.25, 0.3) is 0 Å². The van der Waals surface area contributed by atoms with Gasteiger partial charge in [-0.1, -0.05) is 27.7 Å². The van der Waals surface area contributed by atoms with Crippen LogP contribution in [0.3, 0.4) is 0 Å². The van der Waals surface area contributed by atoms with Crippen LogP contribution in [0.4, 0.5) is 0 Å². The van der Waals surface area contributed by atoms with Crippen molar-refractivity contribution in [3.05, 3.63) is 0 Å². The highest BCUT2D eigenvalue weighted by molar-refractivity contribution is 7.80. The molecule has 0 saturated carbocycles.